The zero-order valence-corrected chi connectivity index (χ0v) is 20.9. The molecule has 1 unspecified atom stereocenters. The number of hydrogen-bond donors (Lipinski definition) is 2. The number of imide groups is 1. The van der Waals surface area contributed by atoms with Crippen LogP contribution in [0, 0.1) is 0 Å². The van der Waals surface area contributed by atoms with Crippen LogP contribution < -0.4 is 10.6 Å². The van der Waals surface area contributed by atoms with Crippen LogP contribution in [0.2, 0.25) is 5.02 Å². The molecule has 3 amide bonds. The Balaban J connectivity index is 1.20. The van der Waals surface area contributed by atoms with Crippen LogP contribution in [-0.4, -0.2) is 38.9 Å². The van der Waals surface area contributed by atoms with Gasteiger partial charge in [-0.25, -0.2) is 0 Å². The summed E-state index contributed by atoms with van der Waals surface area (Å²) in [6.45, 7) is 0.258. The van der Waals surface area contributed by atoms with Crippen molar-refractivity contribution in [3.8, 4) is 0 Å². The van der Waals surface area contributed by atoms with E-state index in [0.717, 1.165) is 36.8 Å². The molecule has 2 N–H and O–H groups in total. The number of carbonyl (C=O) groups excluding carboxylic acids is 3. The molecule has 1 aromatic heterocycles. The van der Waals surface area contributed by atoms with Gasteiger partial charge < -0.3 is 14.6 Å². The Morgan fingerprint density at radius 1 is 1.03 bits per heavy atom. The molecule has 1 atom stereocenters. The number of piperidine rings is 1. The first-order chi connectivity index (χ1) is 17.4. The third-order valence-corrected chi connectivity index (χ3v) is 8.48. The molecule has 6 rings (SSSR count). The summed E-state index contributed by atoms with van der Waals surface area (Å²) in [7, 11) is 0. The van der Waals surface area contributed by atoms with E-state index in [4.69, 9.17) is 16.0 Å². The van der Waals surface area contributed by atoms with Crippen molar-refractivity contribution in [2.24, 2.45) is 0 Å². The van der Waals surface area contributed by atoms with Crippen LogP contribution in [-0.2, 0) is 21.7 Å². The van der Waals surface area contributed by atoms with Gasteiger partial charge in [0.1, 0.15) is 6.04 Å². The van der Waals surface area contributed by atoms with Crippen molar-refractivity contribution in [1.29, 1.82) is 0 Å². The lowest BCUT2D eigenvalue weighted by atomic mass is 9.91. The Labute approximate surface area is 214 Å². The minimum absolute atomic E-state index is 0.218. The zero-order valence-electron chi connectivity index (χ0n) is 20.1. The summed E-state index contributed by atoms with van der Waals surface area (Å²) in [6.07, 6.45) is 10.6. The standard InChI is InChI=1S/C26H30ClN5O4/c27-19-13-16(12-17-18(19)14-32(24(17)35)20-8-9-21(33)28-22(20)34)26(10-11-26)29-25-31-30-23(36-25)15-6-4-2-1-3-5-7-15/h12-13,15,20H,1-11,14H2,(H,29,31)(H,28,33,34). The molecular weight excluding hydrogens is 482 g/mol. The highest BCUT2D eigenvalue weighted by molar-refractivity contribution is 6.32. The van der Waals surface area contributed by atoms with Crippen molar-refractivity contribution in [2.75, 3.05) is 5.32 Å². The molecule has 2 aromatic rings. The van der Waals surface area contributed by atoms with E-state index in [1.165, 1.54) is 37.0 Å². The van der Waals surface area contributed by atoms with E-state index in [2.05, 4.69) is 20.8 Å². The molecule has 1 saturated heterocycles. The van der Waals surface area contributed by atoms with Gasteiger partial charge >= 0.3 is 6.01 Å². The number of amides is 3. The number of rotatable bonds is 5. The second-order valence-electron chi connectivity index (χ2n) is 10.6. The maximum Gasteiger partial charge on any atom is 0.316 e. The molecule has 2 saturated carbocycles. The second kappa shape index (κ2) is 9.18. The highest BCUT2D eigenvalue weighted by Crippen LogP contribution is 2.50. The van der Waals surface area contributed by atoms with Crippen molar-refractivity contribution in [2.45, 2.75) is 94.7 Å². The fraction of sp³-hybridized carbons (Fsp3) is 0.577. The van der Waals surface area contributed by atoms with E-state index in [9.17, 15) is 14.4 Å². The van der Waals surface area contributed by atoms with Crippen LogP contribution in [0.25, 0.3) is 0 Å². The molecule has 3 heterocycles. The molecule has 10 heteroatoms. The molecule has 9 nitrogen and oxygen atoms in total. The summed E-state index contributed by atoms with van der Waals surface area (Å²) < 4.78 is 6.06. The highest BCUT2D eigenvalue weighted by atomic mass is 35.5. The molecule has 0 bridgehead atoms. The lowest BCUT2D eigenvalue weighted by molar-refractivity contribution is -0.136. The SMILES string of the molecule is O=C1CCC(N2Cc3c(Cl)cc(C4(Nc5nnc(C6CCCCCCC6)o5)CC4)cc3C2=O)C(=O)N1. The van der Waals surface area contributed by atoms with Gasteiger partial charge in [0, 0.05) is 35.0 Å². The summed E-state index contributed by atoms with van der Waals surface area (Å²) in [5, 5.41) is 14.9. The summed E-state index contributed by atoms with van der Waals surface area (Å²) >= 11 is 6.66. The van der Waals surface area contributed by atoms with Gasteiger partial charge in [0.05, 0.1) is 5.54 Å². The fourth-order valence-electron chi connectivity index (χ4n) is 5.86. The molecule has 2 aliphatic heterocycles. The average Bonchev–Trinajstić information content (AvgIpc) is 3.33. The van der Waals surface area contributed by atoms with Crippen LogP contribution in [0.3, 0.4) is 0 Å². The normalized spacial score (nSPS) is 24.2. The Morgan fingerprint density at radius 3 is 2.50 bits per heavy atom. The Morgan fingerprint density at radius 2 is 1.78 bits per heavy atom. The number of nitrogens with zero attached hydrogens (tertiary/aromatic N) is 3. The first-order valence-corrected chi connectivity index (χ1v) is 13.4. The Hall–Kier alpha value is -2.94. The van der Waals surface area contributed by atoms with Crippen LogP contribution >= 0.6 is 11.6 Å². The number of benzene rings is 1. The number of fused-ring (bicyclic) bond motifs is 1. The monoisotopic (exact) mass is 511 g/mol. The maximum atomic E-state index is 13.3. The van der Waals surface area contributed by atoms with Gasteiger partial charge in [-0.1, -0.05) is 48.8 Å². The molecule has 0 radical (unpaired) electrons. The molecule has 190 valence electrons. The number of halogens is 1. The largest absolute Gasteiger partial charge is 0.408 e. The van der Waals surface area contributed by atoms with Gasteiger partial charge in [-0.3, -0.25) is 19.7 Å². The Bertz CT molecular complexity index is 1210. The van der Waals surface area contributed by atoms with Gasteiger partial charge in [-0.2, -0.15) is 0 Å². The van der Waals surface area contributed by atoms with Gasteiger partial charge in [0.25, 0.3) is 5.91 Å². The predicted octanol–water partition coefficient (Wildman–Crippen LogP) is 4.41. The number of nitrogens with one attached hydrogen (secondary N) is 2. The molecule has 0 spiro atoms. The van der Waals surface area contributed by atoms with Gasteiger partial charge in [0.2, 0.25) is 17.7 Å². The van der Waals surface area contributed by atoms with E-state index in [1.54, 1.807) is 0 Å². The molecular formula is C26H30ClN5O4. The number of hydrogen-bond acceptors (Lipinski definition) is 7. The smallest absolute Gasteiger partial charge is 0.316 e. The zero-order chi connectivity index (χ0) is 24.9. The van der Waals surface area contributed by atoms with Gasteiger partial charge in [-0.15, -0.1) is 5.10 Å². The molecule has 1 aromatic carbocycles. The fourth-order valence-corrected chi connectivity index (χ4v) is 6.14. The minimum atomic E-state index is -0.666. The van der Waals surface area contributed by atoms with Crippen LogP contribution in [0.4, 0.5) is 6.01 Å². The number of anilines is 1. The number of aromatic nitrogens is 2. The molecule has 3 fully saturated rings. The van der Waals surface area contributed by atoms with Crippen molar-refractivity contribution < 1.29 is 18.8 Å². The first kappa shape index (κ1) is 23.5. The summed E-state index contributed by atoms with van der Waals surface area (Å²) in [4.78, 5) is 38.7. The predicted molar refractivity (Wildman–Crippen MR) is 131 cm³/mol. The van der Waals surface area contributed by atoms with Crippen LogP contribution in [0.5, 0.6) is 0 Å². The maximum absolute atomic E-state index is 13.3. The van der Waals surface area contributed by atoms with Gasteiger partial charge in [-0.05, 0) is 49.8 Å². The summed E-state index contributed by atoms with van der Waals surface area (Å²) in [5.74, 6) is 0.0521. The van der Waals surface area contributed by atoms with Crippen LogP contribution in [0.1, 0.15) is 104 Å². The summed E-state index contributed by atoms with van der Waals surface area (Å²) in [6, 6.07) is 3.51. The third kappa shape index (κ3) is 4.27. The van der Waals surface area contributed by atoms with E-state index >= 15 is 0 Å². The van der Waals surface area contributed by atoms with Crippen molar-refractivity contribution >= 4 is 35.3 Å². The highest BCUT2D eigenvalue weighted by Gasteiger charge is 2.48. The lowest BCUT2D eigenvalue weighted by Gasteiger charge is -2.29. The Kier molecular flexibility index (Phi) is 5.98. The molecule has 4 aliphatic rings. The average molecular weight is 512 g/mol. The number of carbonyl (C=O) groups is 3. The topological polar surface area (TPSA) is 117 Å². The van der Waals surface area contributed by atoms with E-state index < -0.39 is 17.5 Å². The van der Waals surface area contributed by atoms with Crippen molar-refractivity contribution in [1.82, 2.24) is 20.4 Å². The second-order valence-corrected chi connectivity index (χ2v) is 11.0. The lowest BCUT2D eigenvalue weighted by Crippen LogP contribution is -2.52. The quantitative estimate of drug-likeness (QED) is 0.571. The molecule has 2 aliphatic carbocycles. The van der Waals surface area contributed by atoms with Crippen molar-refractivity contribution in [3.63, 3.8) is 0 Å². The van der Waals surface area contributed by atoms with Crippen LogP contribution in [0.15, 0.2) is 16.5 Å². The van der Waals surface area contributed by atoms with E-state index in [0.29, 0.717) is 34.8 Å². The van der Waals surface area contributed by atoms with Crippen molar-refractivity contribution in [3.05, 3.63) is 39.7 Å². The van der Waals surface area contributed by atoms with Gasteiger partial charge in [0.15, 0.2) is 0 Å². The summed E-state index contributed by atoms with van der Waals surface area (Å²) in [5.41, 5.74) is 1.72. The van der Waals surface area contributed by atoms with E-state index in [1.807, 2.05) is 12.1 Å². The molecule has 36 heavy (non-hydrogen) atoms. The minimum Gasteiger partial charge on any atom is -0.408 e. The first-order valence-electron chi connectivity index (χ1n) is 13.0. The third-order valence-electron chi connectivity index (χ3n) is 8.15. The van der Waals surface area contributed by atoms with E-state index in [-0.39, 0.29) is 24.8 Å².